The zero-order valence-corrected chi connectivity index (χ0v) is 14.1. The third-order valence-corrected chi connectivity index (χ3v) is 5.96. The Morgan fingerprint density at radius 3 is 2.38 bits per heavy atom. The second-order valence-electron chi connectivity index (χ2n) is 7.53. The Morgan fingerprint density at radius 2 is 1.71 bits per heavy atom. The Kier molecular flexibility index (Phi) is 4.83. The predicted molar refractivity (Wildman–Crippen MR) is 88.6 cm³/mol. The van der Waals surface area contributed by atoms with E-state index >= 15 is 0 Å². The average molecular weight is 336 g/mol. The number of rotatable bonds is 3. The Balaban J connectivity index is 1.44. The molecule has 2 atom stereocenters. The molecule has 0 aromatic heterocycles. The van der Waals surface area contributed by atoms with Gasteiger partial charge in [0.1, 0.15) is 0 Å². The van der Waals surface area contributed by atoms with Gasteiger partial charge in [-0.3, -0.25) is 9.80 Å². The van der Waals surface area contributed by atoms with Crippen molar-refractivity contribution in [1.82, 2.24) is 9.80 Å². The second-order valence-corrected chi connectivity index (χ2v) is 7.53. The van der Waals surface area contributed by atoms with Crippen LogP contribution in [0.3, 0.4) is 0 Å². The Hall–Kier alpha value is -1.04. The Morgan fingerprint density at radius 1 is 1.00 bits per heavy atom. The minimum absolute atomic E-state index is 0.684. The van der Waals surface area contributed by atoms with Crippen molar-refractivity contribution in [2.45, 2.75) is 31.8 Å². The lowest BCUT2D eigenvalue weighted by Gasteiger charge is -2.52. The molecule has 2 heterocycles. The quantitative estimate of drug-likeness (QED) is 0.844. The van der Waals surface area contributed by atoms with Gasteiger partial charge in [-0.05, 0) is 42.4 Å². The van der Waals surface area contributed by atoms with Crippen LogP contribution in [-0.2, 0) is 11.3 Å². The summed E-state index contributed by atoms with van der Waals surface area (Å²) in [5.74, 6) is -0.112. The van der Waals surface area contributed by atoms with Gasteiger partial charge in [0.25, 0.3) is 0 Å². The van der Waals surface area contributed by atoms with Gasteiger partial charge in [-0.1, -0.05) is 12.5 Å². The summed E-state index contributed by atoms with van der Waals surface area (Å²) in [7, 11) is 0. The second kappa shape index (κ2) is 7.06. The standard InChI is InChI=1S/C19H26F2N2O/c20-17-5-4-14(10-18(17)21)11-22-12-15-2-1-3-16(13-22)19(15)23-6-8-24-9-7-23/h4-5,10,15-16,19H,1-3,6-9,11-13H2. The lowest BCUT2D eigenvalue weighted by atomic mass is 9.72. The van der Waals surface area contributed by atoms with Crippen molar-refractivity contribution in [3.05, 3.63) is 35.4 Å². The van der Waals surface area contributed by atoms with Gasteiger partial charge in [0.15, 0.2) is 11.6 Å². The maximum atomic E-state index is 13.5. The predicted octanol–water partition coefficient (Wildman–Crippen LogP) is 2.90. The summed E-state index contributed by atoms with van der Waals surface area (Å²) in [6.45, 7) is 6.68. The van der Waals surface area contributed by atoms with E-state index in [9.17, 15) is 8.78 Å². The van der Waals surface area contributed by atoms with E-state index in [2.05, 4.69) is 9.80 Å². The van der Waals surface area contributed by atoms with Crippen LogP contribution in [0, 0.1) is 23.5 Å². The van der Waals surface area contributed by atoms with E-state index < -0.39 is 11.6 Å². The molecular formula is C19H26F2N2O. The van der Waals surface area contributed by atoms with Crippen LogP contribution >= 0.6 is 0 Å². The zero-order valence-electron chi connectivity index (χ0n) is 14.1. The van der Waals surface area contributed by atoms with Crippen molar-refractivity contribution in [3.8, 4) is 0 Å². The molecule has 3 nitrogen and oxygen atoms in total. The lowest BCUT2D eigenvalue weighted by Crippen LogP contribution is -2.59. The summed E-state index contributed by atoms with van der Waals surface area (Å²) >= 11 is 0. The summed E-state index contributed by atoms with van der Waals surface area (Å²) in [6, 6.07) is 4.98. The molecule has 1 aliphatic carbocycles. The number of benzene rings is 1. The van der Waals surface area contributed by atoms with Crippen LogP contribution in [0.25, 0.3) is 0 Å². The maximum Gasteiger partial charge on any atom is 0.159 e. The van der Waals surface area contributed by atoms with E-state index in [-0.39, 0.29) is 0 Å². The number of piperidine rings is 1. The highest BCUT2D eigenvalue weighted by Gasteiger charge is 2.42. The summed E-state index contributed by atoms with van der Waals surface area (Å²) in [4.78, 5) is 5.09. The van der Waals surface area contributed by atoms with Crippen molar-refractivity contribution in [2.75, 3.05) is 39.4 Å². The largest absolute Gasteiger partial charge is 0.379 e. The third kappa shape index (κ3) is 3.35. The van der Waals surface area contributed by atoms with Gasteiger partial charge in [-0.15, -0.1) is 0 Å². The van der Waals surface area contributed by atoms with Crippen molar-refractivity contribution in [1.29, 1.82) is 0 Å². The molecule has 2 unspecified atom stereocenters. The molecule has 2 saturated heterocycles. The molecule has 0 radical (unpaired) electrons. The smallest absolute Gasteiger partial charge is 0.159 e. The van der Waals surface area contributed by atoms with Crippen molar-refractivity contribution in [2.24, 2.45) is 11.8 Å². The summed E-state index contributed by atoms with van der Waals surface area (Å²) < 4.78 is 32.1. The molecule has 3 fully saturated rings. The van der Waals surface area contributed by atoms with Gasteiger partial charge in [0.05, 0.1) is 13.2 Å². The highest BCUT2D eigenvalue weighted by Crippen LogP contribution is 2.38. The topological polar surface area (TPSA) is 15.7 Å². The van der Waals surface area contributed by atoms with Gasteiger partial charge in [-0.25, -0.2) is 8.78 Å². The molecule has 1 aromatic rings. The van der Waals surface area contributed by atoms with Crippen LogP contribution in [0.15, 0.2) is 18.2 Å². The van der Waals surface area contributed by atoms with Crippen molar-refractivity contribution >= 4 is 0 Å². The molecule has 24 heavy (non-hydrogen) atoms. The molecule has 0 spiro atoms. The average Bonchev–Trinajstić information content (AvgIpc) is 2.58. The number of halogens is 2. The SMILES string of the molecule is Fc1ccc(CN2CC3CCCC(C2)C3N2CCOCC2)cc1F. The summed E-state index contributed by atoms with van der Waals surface area (Å²) in [5, 5.41) is 0. The summed E-state index contributed by atoms with van der Waals surface area (Å²) in [5.41, 5.74) is 0.872. The highest BCUT2D eigenvalue weighted by molar-refractivity contribution is 5.18. The lowest BCUT2D eigenvalue weighted by molar-refractivity contribution is -0.0623. The molecule has 1 aromatic carbocycles. The van der Waals surface area contributed by atoms with Gasteiger partial charge in [-0.2, -0.15) is 0 Å². The Labute approximate surface area is 142 Å². The van der Waals surface area contributed by atoms with Crippen LogP contribution in [-0.4, -0.2) is 55.2 Å². The first-order valence-corrected chi connectivity index (χ1v) is 9.19. The normalized spacial score (nSPS) is 32.0. The number of fused-ring (bicyclic) bond motifs is 2. The Bertz CT molecular complexity index is 562. The van der Waals surface area contributed by atoms with Gasteiger partial charge < -0.3 is 4.74 Å². The molecule has 1 saturated carbocycles. The zero-order chi connectivity index (χ0) is 16.5. The molecular weight excluding hydrogens is 310 g/mol. The maximum absolute atomic E-state index is 13.5. The molecule has 2 bridgehead atoms. The van der Waals surface area contributed by atoms with E-state index in [1.54, 1.807) is 6.07 Å². The fourth-order valence-electron chi connectivity index (χ4n) is 5.00. The molecule has 0 N–H and O–H groups in total. The molecule has 5 heteroatoms. The number of morpholine rings is 1. The van der Waals surface area contributed by atoms with Crippen molar-refractivity contribution in [3.63, 3.8) is 0 Å². The number of hydrogen-bond donors (Lipinski definition) is 0. The highest BCUT2D eigenvalue weighted by atomic mass is 19.2. The van der Waals surface area contributed by atoms with E-state index in [0.717, 1.165) is 51.5 Å². The van der Waals surface area contributed by atoms with Crippen LogP contribution in [0.4, 0.5) is 8.78 Å². The number of hydrogen-bond acceptors (Lipinski definition) is 3. The third-order valence-electron chi connectivity index (χ3n) is 5.96. The van der Waals surface area contributed by atoms with Gasteiger partial charge in [0, 0.05) is 38.8 Å². The minimum Gasteiger partial charge on any atom is -0.379 e. The molecule has 4 rings (SSSR count). The molecule has 0 amide bonds. The van der Waals surface area contributed by atoms with Crippen LogP contribution in [0.2, 0.25) is 0 Å². The fourth-order valence-corrected chi connectivity index (χ4v) is 5.00. The van der Waals surface area contributed by atoms with Gasteiger partial charge in [0.2, 0.25) is 0 Å². The summed E-state index contributed by atoms with van der Waals surface area (Å²) in [6.07, 6.45) is 3.90. The van der Waals surface area contributed by atoms with Crippen LogP contribution < -0.4 is 0 Å². The molecule has 132 valence electrons. The fraction of sp³-hybridized carbons (Fsp3) is 0.684. The van der Waals surface area contributed by atoms with E-state index in [4.69, 9.17) is 4.74 Å². The minimum atomic E-state index is -0.762. The first-order chi connectivity index (χ1) is 11.7. The molecule has 2 aliphatic heterocycles. The monoisotopic (exact) mass is 336 g/mol. The number of ether oxygens (including phenoxy) is 1. The molecule has 3 aliphatic rings. The van der Waals surface area contributed by atoms with Crippen LogP contribution in [0.5, 0.6) is 0 Å². The van der Waals surface area contributed by atoms with Crippen molar-refractivity contribution < 1.29 is 13.5 Å². The van der Waals surface area contributed by atoms with E-state index in [1.807, 2.05) is 0 Å². The van der Waals surface area contributed by atoms with E-state index in [1.165, 1.54) is 31.4 Å². The van der Waals surface area contributed by atoms with Crippen LogP contribution in [0.1, 0.15) is 24.8 Å². The first kappa shape index (κ1) is 16.4. The van der Waals surface area contributed by atoms with E-state index in [0.29, 0.717) is 17.9 Å². The first-order valence-electron chi connectivity index (χ1n) is 9.19. The van der Waals surface area contributed by atoms with Gasteiger partial charge >= 0.3 is 0 Å². The number of nitrogens with zero attached hydrogens (tertiary/aromatic N) is 2. The number of likely N-dealkylation sites (tertiary alicyclic amines) is 1.